The van der Waals surface area contributed by atoms with E-state index in [1.54, 1.807) is 18.2 Å². The highest BCUT2D eigenvalue weighted by Crippen LogP contribution is 2.35. The number of benzene rings is 3. The molecule has 43 heavy (non-hydrogen) atoms. The van der Waals surface area contributed by atoms with Crippen LogP contribution in [0.15, 0.2) is 77.3 Å². The predicted molar refractivity (Wildman–Crippen MR) is 171 cm³/mol. The van der Waals surface area contributed by atoms with Gasteiger partial charge in [0.15, 0.2) is 11.5 Å². The van der Waals surface area contributed by atoms with E-state index < -0.39 is 28.5 Å². The van der Waals surface area contributed by atoms with E-state index >= 15 is 0 Å². The van der Waals surface area contributed by atoms with Crippen molar-refractivity contribution in [2.24, 2.45) is 0 Å². The smallest absolute Gasteiger partial charge is 0.244 e. The summed E-state index contributed by atoms with van der Waals surface area (Å²) in [5.74, 6) is -0.0997. The van der Waals surface area contributed by atoms with Crippen LogP contribution in [0.2, 0.25) is 0 Å². The van der Waals surface area contributed by atoms with Crippen LogP contribution >= 0.6 is 15.9 Å². The molecular formula is C32H38BrN3O6S. The lowest BCUT2D eigenvalue weighted by atomic mass is 10.0. The standard InChI is InChI=1S/C32H38BrN3O6S/c1-4-23(3)34-32(38)28(19-24-9-7-6-8-10-24)35(21-25-11-13-26(33)14-12-25)31(37)22-36(43(39,40)5-2)27-15-16-29-30(20-27)42-18-17-41-29/h6-16,20,23,28H,4-5,17-19,21-22H2,1-3H3,(H,34,38). The molecule has 3 aromatic rings. The topological polar surface area (TPSA) is 105 Å². The van der Waals surface area contributed by atoms with Crippen LogP contribution in [0.1, 0.15) is 38.3 Å². The number of rotatable bonds is 13. The Morgan fingerprint density at radius 2 is 1.60 bits per heavy atom. The maximum atomic E-state index is 14.3. The van der Waals surface area contributed by atoms with Gasteiger partial charge in [0.2, 0.25) is 21.8 Å². The fraction of sp³-hybridized carbons (Fsp3) is 0.375. The zero-order chi connectivity index (χ0) is 31.0. The third-order valence-corrected chi connectivity index (χ3v) is 9.60. The molecule has 0 spiro atoms. The first-order valence-corrected chi connectivity index (χ1v) is 16.8. The average molecular weight is 673 g/mol. The summed E-state index contributed by atoms with van der Waals surface area (Å²) in [7, 11) is -3.89. The van der Waals surface area contributed by atoms with E-state index in [-0.39, 0.29) is 36.4 Å². The van der Waals surface area contributed by atoms with Crippen molar-refractivity contribution in [2.75, 3.05) is 29.8 Å². The number of carbonyl (C=O) groups excluding carboxylic acids is 2. The van der Waals surface area contributed by atoms with E-state index in [9.17, 15) is 18.0 Å². The Bertz CT molecular complexity index is 1500. The number of fused-ring (bicyclic) bond motifs is 1. The summed E-state index contributed by atoms with van der Waals surface area (Å²) in [5.41, 5.74) is 1.96. The predicted octanol–water partition coefficient (Wildman–Crippen LogP) is 4.93. The first kappa shape index (κ1) is 32.3. The molecule has 11 heteroatoms. The normalized spacial score (nSPS) is 14.0. The summed E-state index contributed by atoms with van der Waals surface area (Å²) >= 11 is 3.45. The van der Waals surface area contributed by atoms with Gasteiger partial charge in [0.25, 0.3) is 0 Å². The maximum Gasteiger partial charge on any atom is 0.244 e. The second kappa shape index (κ2) is 14.7. The summed E-state index contributed by atoms with van der Waals surface area (Å²) in [5, 5.41) is 3.04. The van der Waals surface area contributed by atoms with E-state index in [1.807, 2.05) is 68.4 Å². The highest BCUT2D eigenvalue weighted by atomic mass is 79.9. The van der Waals surface area contributed by atoms with E-state index in [0.29, 0.717) is 24.7 Å². The molecule has 1 aliphatic heterocycles. The summed E-state index contributed by atoms with van der Waals surface area (Å²) in [6, 6.07) is 20.8. The number of anilines is 1. The monoisotopic (exact) mass is 671 g/mol. The first-order chi connectivity index (χ1) is 20.6. The van der Waals surface area contributed by atoms with Crippen molar-refractivity contribution in [3.63, 3.8) is 0 Å². The molecule has 9 nitrogen and oxygen atoms in total. The Balaban J connectivity index is 1.75. The number of ether oxygens (including phenoxy) is 2. The molecule has 0 aromatic heterocycles. The molecule has 0 saturated carbocycles. The largest absolute Gasteiger partial charge is 0.486 e. The van der Waals surface area contributed by atoms with Crippen LogP contribution in [0.25, 0.3) is 0 Å². The lowest BCUT2D eigenvalue weighted by molar-refractivity contribution is -0.140. The number of carbonyl (C=O) groups is 2. The Labute approximate surface area is 262 Å². The molecule has 0 saturated heterocycles. The van der Waals surface area contributed by atoms with Crippen LogP contribution in [0.5, 0.6) is 11.5 Å². The zero-order valence-electron chi connectivity index (χ0n) is 24.7. The Morgan fingerprint density at radius 1 is 0.930 bits per heavy atom. The first-order valence-electron chi connectivity index (χ1n) is 14.4. The van der Waals surface area contributed by atoms with Crippen molar-refractivity contribution in [1.29, 1.82) is 0 Å². The summed E-state index contributed by atoms with van der Waals surface area (Å²) in [6.45, 7) is 5.77. The number of sulfonamides is 1. The number of amides is 2. The van der Waals surface area contributed by atoms with Crippen LogP contribution in [0.4, 0.5) is 5.69 Å². The minimum absolute atomic E-state index is 0.106. The van der Waals surface area contributed by atoms with Gasteiger partial charge in [-0.15, -0.1) is 0 Å². The Kier molecular flexibility index (Phi) is 11.1. The van der Waals surface area contributed by atoms with Gasteiger partial charge in [0.05, 0.1) is 11.4 Å². The Hall–Kier alpha value is -3.57. The Morgan fingerprint density at radius 3 is 2.26 bits per heavy atom. The van der Waals surface area contributed by atoms with Gasteiger partial charge >= 0.3 is 0 Å². The van der Waals surface area contributed by atoms with Crippen LogP contribution in [0, 0.1) is 0 Å². The fourth-order valence-electron chi connectivity index (χ4n) is 4.69. The number of hydrogen-bond donors (Lipinski definition) is 1. The van der Waals surface area contributed by atoms with E-state index in [4.69, 9.17) is 9.47 Å². The molecule has 0 bridgehead atoms. The molecule has 0 aliphatic carbocycles. The van der Waals surface area contributed by atoms with Gasteiger partial charge in [-0.25, -0.2) is 8.42 Å². The molecule has 1 aliphatic rings. The fourth-order valence-corrected chi connectivity index (χ4v) is 6.01. The van der Waals surface area contributed by atoms with Crippen molar-refractivity contribution in [1.82, 2.24) is 10.2 Å². The highest BCUT2D eigenvalue weighted by Gasteiger charge is 2.34. The van der Waals surface area contributed by atoms with Crippen molar-refractivity contribution >= 4 is 43.5 Å². The number of nitrogens with zero attached hydrogens (tertiary/aromatic N) is 2. The van der Waals surface area contributed by atoms with Crippen molar-refractivity contribution < 1.29 is 27.5 Å². The minimum atomic E-state index is -3.89. The molecule has 230 valence electrons. The lowest BCUT2D eigenvalue weighted by Gasteiger charge is -2.34. The number of nitrogens with one attached hydrogen (secondary N) is 1. The number of halogens is 1. The maximum absolute atomic E-state index is 14.3. The van der Waals surface area contributed by atoms with E-state index in [2.05, 4.69) is 21.2 Å². The van der Waals surface area contributed by atoms with Gasteiger partial charge < -0.3 is 19.7 Å². The van der Waals surface area contributed by atoms with Gasteiger partial charge in [-0.3, -0.25) is 13.9 Å². The summed E-state index contributed by atoms with van der Waals surface area (Å²) in [4.78, 5) is 29.6. The van der Waals surface area contributed by atoms with E-state index in [0.717, 1.165) is 26.3 Å². The lowest BCUT2D eigenvalue weighted by Crippen LogP contribution is -2.54. The highest BCUT2D eigenvalue weighted by molar-refractivity contribution is 9.10. The second-order valence-corrected chi connectivity index (χ2v) is 13.5. The SMILES string of the molecule is CCC(C)NC(=O)C(Cc1ccccc1)N(Cc1ccc(Br)cc1)C(=O)CN(c1ccc2c(c1)OCCO2)S(=O)(=O)CC. The zero-order valence-corrected chi connectivity index (χ0v) is 27.1. The van der Waals surface area contributed by atoms with Crippen molar-refractivity contribution in [2.45, 2.75) is 52.2 Å². The number of hydrogen-bond acceptors (Lipinski definition) is 6. The third-order valence-electron chi connectivity index (χ3n) is 7.33. The molecule has 0 fully saturated rings. The summed E-state index contributed by atoms with van der Waals surface area (Å²) < 4.78 is 40.1. The minimum Gasteiger partial charge on any atom is -0.486 e. The van der Waals surface area contributed by atoms with Crippen molar-refractivity contribution in [3.05, 3.63) is 88.4 Å². The van der Waals surface area contributed by atoms with Crippen LogP contribution in [-0.4, -0.2) is 62.7 Å². The van der Waals surface area contributed by atoms with Gasteiger partial charge in [0, 0.05) is 29.5 Å². The molecule has 2 atom stereocenters. The molecule has 1 heterocycles. The van der Waals surface area contributed by atoms with Crippen LogP contribution in [-0.2, 0) is 32.6 Å². The molecule has 0 radical (unpaired) electrons. The van der Waals surface area contributed by atoms with Crippen LogP contribution < -0.4 is 19.1 Å². The molecule has 1 N–H and O–H groups in total. The molecule has 4 rings (SSSR count). The summed E-state index contributed by atoms with van der Waals surface area (Å²) in [6.07, 6.45) is 0.979. The second-order valence-electron chi connectivity index (χ2n) is 10.4. The van der Waals surface area contributed by atoms with Crippen LogP contribution in [0.3, 0.4) is 0 Å². The van der Waals surface area contributed by atoms with Gasteiger partial charge in [-0.2, -0.15) is 0 Å². The van der Waals surface area contributed by atoms with Gasteiger partial charge in [0.1, 0.15) is 25.8 Å². The average Bonchev–Trinajstić information content (AvgIpc) is 3.02. The quantitative estimate of drug-likeness (QED) is 0.276. The van der Waals surface area contributed by atoms with E-state index in [1.165, 1.54) is 11.8 Å². The third kappa shape index (κ3) is 8.51. The van der Waals surface area contributed by atoms with Crippen molar-refractivity contribution in [3.8, 4) is 11.5 Å². The van der Waals surface area contributed by atoms with Gasteiger partial charge in [-0.1, -0.05) is 65.3 Å². The molecule has 3 aromatic carbocycles. The molecule has 2 unspecified atom stereocenters. The molecule has 2 amide bonds. The van der Waals surface area contributed by atoms with Gasteiger partial charge in [-0.05, 0) is 55.7 Å². The molecular weight excluding hydrogens is 634 g/mol.